The number of methoxy groups -OCH3 is 1. The zero-order valence-corrected chi connectivity index (χ0v) is 18.3. The summed E-state index contributed by atoms with van der Waals surface area (Å²) in [7, 11) is -2.14. The maximum absolute atomic E-state index is 13.1. The third-order valence-electron chi connectivity index (χ3n) is 5.52. The fourth-order valence-corrected chi connectivity index (χ4v) is 5.40. The molecule has 160 valence electrons. The van der Waals surface area contributed by atoms with Crippen molar-refractivity contribution in [2.75, 3.05) is 33.3 Å². The molecule has 2 aliphatic rings. The van der Waals surface area contributed by atoms with Crippen molar-refractivity contribution in [1.82, 2.24) is 9.21 Å². The first-order valence-corrected chi connectivity index (χ1v) is 12.0. The van der Waals surface area contributed by atoms with E-state index in [4.69, 9.17) is 4.74 Å². The Balaban J connectivity index is 1.80. The third kappa shape index (κ3) is 5.60. The van der Waals surface area contributed by atoms with Crippen LogP contribution in [0, 0.1) is 5.92 Å². The first-order chi connectivity index (χ1) is 14.0. The van der Waals surface area contributed by atoms with Gasteiger partial charge in [0.15, 0.2) is 0 Å². The number of carbonyl (C=O) groups is 1. The quantitative estimate of drug-likeness (QED) is 0.573. The fraction of sp³-hybridized carbons (Fsp3) is 0.591. The van der Waals surface area contributed by atoms with Gasteiger partial charge in [0.2, 0.25) is 15.9 Å². The van der Waals surface area contributed by atoms with E-state index in [1.807, 2.05) is 4.90 Å². The van der Waals surface area contributed by atoms with E-state index in [1.165, 1.54) is 24.3 Å². The molecule has 2 fully saturated rings. The normalized spacial score (nSPS) is 18.1. The van der Waals surface area contributed by atoms with Crippen molar-refractivity contribution < 1.29 is 17.9 Å². The summed E-state index contributed by atoms with van der Waals surface area (Å²) in [6.45, 7) is 4.71. The molecule has 0 N–H and O–H groups in total. The molecule has 0 spiro atoms. The Bertz CT molecular complexity index is 840. The molecule has 6 nitrogen and oxygen atoms in total. The minimum atomic E-state index is -3.62. The summed E-state index contributed by atoms with van der Waals surface area (Å²) in [6, 6.07) is 5.05. The highest BCUT2D eigenvalue weighted by atomic mass is 32.2. The standard InChI is InChI=1S/C22H32N2O4S/c1-3-13-23(17-19-7-8-19)22(25)12-10-18-9-11-20(28-2)21(16-18)29(26,27)24-14-5-4-6-15-24/h9-12,16,19H,3-8,13-15,17H2,1-2H3/b12-10+. The van der Waals surface area contributed by atoms with E-state index in [0.717, 1.165) is 38.8 Å². The predicted octanol–water partition coefficient (Wildman–Crippen LogP) is 3.53. The molecule has 0 unspecified atom stereocenters. The van der Waals surface area contributed by atoms with Crippen LogP contribution in [-0.2, 0) is 14.8 Å². The summed E-state index contributed by atoms with van der Waals surface area (Å²) in [5, 5.41) is 0. The van der Waals surface area contributed by atoms with Gasteiger partial charge in [-0.3, -0.25) is 4.79 Å². The van der Waals surface area contributed by atoms with Gasteiger partial charge in [-0.25, -0.2) is 8.42 Å². The van der Waals surface area contributed by atoms with Crippen LogP contribution in [0.3, 0.4) is 0 Å². The van der Waals surface area contributed by atoms with Gasteiger partial charge < -0.3 is 9.64 Å². The van der Waals surface area contributed by atoms with Crippen LogP contribution < -0.4 is 4.74 Å². The van der Waals surface area contributed by atoms with Crippen LogP contribution in [0.15, 0.2) is 29.2 Å². The second kappa shape index (κ2) is 9.76. The molecule has 0 radical (unpaired) electrons. The van der Waals surface area contributed by atoms with Crippen LogP contribution in [0.4, 0.5) is 0 Å². The fourth-order valence-electron chi connectivity index (χ4n) is 3.69. The summed E-state index contributed by atoms with van der Waals surface area (Å²) >= 11 is 0. The van der Waals surface area contributed by atoms with Gasteiger partial charge in [0.1, 0.15) is 10.6 Å². The third-order valence-corrected chi connectivity index (χ3v) is 7.44. The molecule has 0 aromatic heterocycles. The van der Waals surface area contributed by atoms with E-state index in [1.54, 1.807) is 30.4 Å². The number of piperidine rings is 1. The van der Waals surface area contributed by atoms with E-state index in [9.17, 15) is 13.2 Å². The molecule has 1 aromatic rings. The molecular formula is C22H32N2O4S. The maximum atomic E-state index is 13.1. The van der Waals surface area contributed by atoms with Crippen molar-refractivity contribution >= 4 is 22.0 Å². The molecule has 29 heavy (non-hydrogen) atoms. The Labute approximate surface area is 174 Å². The highest BCUT2D eigenvalue weighted by Crippen LogP contribution is 2.31. The number of amides is 1. The van der Waals surface area contributed by atoms with Crippen molar-refractivity contribution in [3.05, 3.63) is 29.8 Å². The van der Waals surface area contributed by atoms with Crippen molar-refractivity contribution in [1.29, 1.82) is 0 Å². The topological polar surface area (TPSA) is 66.9 Å². The van der Waals surface area contributed by atoms with Gasteiger partial charge in [-0.2, -0.15) is 4.31 Å². The molecule has 1 heterocycles. The minimum absolute atomic E-state index is 0.0185. The van der Waals surface area contributed by atoms with E-state index in [0.29, 0.717) is 30.3 Å². The largest absolute Gasteiger partial charge is 0.495 e. The van der Waals surface area contributed by atoms with Gasteiger partial charge >= 0.3 is 0 Å². The molecule has 1 saturated carbocycles. The summed E-state index contributed by atoms with van der Waals surface area (Å²) in [6.07, 6.45) is 9.40. The van der Waals surface area contributed by atoms with E-state index in [-0.39, 0.29) is 10.8 Å². The molecule has 0 atom stereocenters. The lowest BCUT2D eigenvalue weighted by atomic mass is 10.2. The number of sulfonamides is 1. The van der Waals surface area contributed by atoms with Crippen molar-refractivity contribution in [2.45, 2.75) is 50.3 Å². The number of hydrogen-bond acceptors (Lipinski definition) is 4. The average molecular weight is 421 g/mol. The van der Waals surface area contributed by atoms with Crippen LogP contribution in [0.25, 0.3) is 6.08 Å². The lowest BCUT2D eigenvalue weighted by molar-refractivity contribution is -0.126. The monoisotopic (exact) mass is 420 g/mol. The van der Waals surface area contributed by atoms with Gasteiger partial charge in [0.25, 0.3) is 0 Å². The summed E-state index contributed by atoms with van der Waals surface area (Å²) < 4.78 is 33.1. The van der Waals surface area contributed by atoms with E-state index < -0.39 is 10.0 Å². The Morgan fingerprint density at radius 3 is 2.59 bits per heavy atom. The number of ether oxygens (including phenoxy) is 1. The molecule has 7 heteroatoms. The molecule has 1 saturated heterocycles. The van der Waals surface area contributed by atoms with Gasteiger partial charge in [-0.1, -0.05) is 19.4 Å². The van der Waals surface area contributed by atoms with Crippen molar-refractivity contribution in [3.63, 3.8) is 0 Å². The summed E-state index contributed by atoms with van der Waals surface area (Å²) in [5.74, 6) is 0.955. The van der Waals surface area contributed by atoms with Crippen LogP contribution in [0.1, 0.15) is 51.0 Å². The predicted molar refractivity (Wildman–Crippen MR) is 114 cm³/mol. The molecule has 1 amide bonds. The number of hydrogen-bond donors (Lipinski definition) is 0. The number of nitrogens with zero attached hydrogens (tertiary/aromatic N) is 2. The Kier molecular flexibility index (Phi) is 7.35. The van der Waals surface area contributed by atoms with Gasteiger partial charge in [0.05, 0.1) is 7.11 Å². The van der Waals surface area contributed by atoms with Crippen LogP contribution >= 0.6 is 0 Å². The zero-order valence-electron chi connectivity index (χ0n) is 17.5. The highest BCUT2D eigenvalue weighted by molar-refractivity contribution is 7.89. The van der Waals surface area contributed by atoms with Crippen molar-refractivity contribution in [3.8, 4) is 5.75 Å². The summed E-state index contributed by atoms with van der Waals surface area (Å²) in [5.41, 5.74) is 0.678. The Morgan fingerprint density at radius 2 is 1.97 bits per heavy atom. The number of benzene rings is 1. The van der Waals surface area contributed by atoms with Gasteiger partial charge in [-0.05, 0) is 61.8 Å². The molecule has 1 aliphatic carbocycles. The van der Waals surface area contributed by atoms with Crippen molar-refractivity contribution in [2.24, 2.45) is 5.92 Å². The first-order valence-electron chi connectivity index (χ1n) is 10.6. The Morgan fingerprint density at radius 1 is 1.24 bits per heavy atom. The smallest absolute Gasteiger partial charge is 0.246 e. The molecule has 3 rings (SSSR count). The lowest BCUT2D eigenvalue weighted by Crippen LogP contribution is -2.35. The number of rotatable bonds is 9. The molecule has 0 bridgehead atoms. The molecule has 1 aromatic carbocycles. The molecular weight excluding hydrogens is 388 g/mol. The van der Waals surface area contributed by atoms with Gasteiger partial charge in [0, 0.05) is 32.3 Å². The second-order valence-electron chi connectivity index (χ2n) is 7.94. The summed E-state index contributed by atoms with van der Waals surface area (Å²) in [4.78, 5) is 14.7. The minimum Gasteiger partial charge on any atom is -0.495 e. The van der Waals surface area contributed by atoms with Crippen LogP contribution in [0.5, 0.6) is 5.75 Å². The lowest BCUT2D eigenvalue weighted by Gasteiger charge is -2.26. The van der Waals surface area contributed by atoms with Crippen LogP contribution in [-0.4, -0.2) is 56.8 Å². The SMILES string of the molecule is CCCN(CC1CC1)C(=O)/C=C/c1ccc(OC)c(S(=O)(=O)N2CCCCC2)c1. The second-order valence-corrected chi connectivity index (χ2v) is 9.84. The van der Waals surface area contributed by atoms with Crippen LogP contribution in [0.2, 0.25) is 0 Å². The first kappa shape index (κ1) is 21.8. The van der Waals surface area contributed by atoms with Gasteiger partial charge in [-0.15, -0.1) is 0 Å². The highest BCUT2D eigenvalue weighted by Gasteiger charge is 2.29. The molecule has 1 aliphatic heterocycles. The van der Waals surface area contributed by atoms with E-state index in [2.05, 4.69) is 6.92 Å². The zero-order chi connectivity index (χ0) is 20.9. The van der Waals surface area contributed by atoms with E-state index >= 15 is 0 Å². The average Bonchev–Trinajstić information content (AvgIpc) is 3.56. The Hall–Kier alpha value is -1.86. The number of carbonyl (C=O) groups excluding carboxylic acids is 1. The maximum Gasteiger partial charge on any atom is 0.246 e.